The summed E-state index contributed by atoms with van der Waals surface area (Å²) in [6, 6.07) is 11.6. The number of aromatic nitrogens is 2. The molecule has 196 valence electrons. The molecule has 1 unspecified atom stereocenters. The van der Waals surface area contributed by atoms with Gasteiger partial charge < -0.3 is 9.73 Å². The van der Waals surface area contributed by atoms with Crippen LogP contribution >= 0.6 is 0 Å². The average Bonchev–Trinajstić information content (AvgIpc) is 3.65. The van der Waals surface area contributed by atoms with E-state index in [-0.39, 0.29) is 46.7 Å². The Kier molecular flexibility index (Phi) is 6.64. The van der Waals surface area contributed by atoms with E-state index in [0.29, 0.717) is 11.1 Å². The summed E-state index contributed by atoms with van der Waals surface area (Å²) in [6.07, 6.45) is 1.04. The molecule has 1 atom stereocenters. The van der Waals surface area contributed by atoms with E-state index in [1.165, 1.54) is 41.3 Å². The number of aryl methyl sites for hydroxylation is 1. The van der Waals surface area contributed by atoms with Gasteiger partial charge in [0.25, 0.3) is 11.6 Å². The van der Waals surface area contributed by atoms with Gasteiger partial charge in [-0.25, -0.2) is 4.39 Å². The van der Waals surface area contributed by atoms with Gasteiger partial charge in [-0.15, -0.1) is 0 Å². The van der Waals surface area contributed by atoms with Gasteiger partial charge in [0.15, 0.2) is 5.69 Å². The number of carbonyl (C=O) groups is 1. The fraction of sp³-hybridized carbons (Fsp3) is 0.250. The van der Waals surface area contributed by atoms with Crippen molar-refractivity contribution >= 4 is 5.91 Å². The van der Waals surface area contributed by atoms with Crippen molar-refractivity contribution in [3.63, 3.8) is 0 Å². The van der Waals surface area contributed by atoms with Gasteiger partial charge in [-0.2, -0.15) is 13.2 Å². The van der Waals surface area contributed by atoms with E-state index < -0.39 is 17.8 Å². The topological polar surface area (TPSA) is 83.9 Å². The molecular weight excluding hydrogens is 500 g/mol. The van der Waals surface area contributed by atoms with E-state index in [0.717, 1.165) is 24.6 Å². The molecule has 1 fully saturated rings. The Morgan fingerprint density at radius 3 is 2.66 bits per heavy atom. The van der Waals surface area contributed by atoms with Gasteiger partial charge in [0.05, 0.1) is 12.6 Å². The number of benzene rings is 2. The Bertz CT molecular complexity index is 1550. The lowest BCUT2D eigenvalue weighted by Crippen LogP contribution is -2.30. The molecule has 2 heterocycles. The van der Waals surface area contributed by atoms with Crippen LogP contribution in [-0.4, -0.2) is 15.5 Å². The highest BCUT2D eigenvalue weighted by Gasteiger charge is 2.36. The highest BCUT2D eigenvalue weighted by molar-refractivity contribution is 5.96. The number of rotatable bonds is 7. The minimum absolute atomic E-state index is 0.105. The number of carbonyl (C=O) groups excluding carboxylic acids is 1. The normalized spacial score (nSPS) is 14.3. The van der Waals surface area contributed by atoms with Crippen molar-refractivity contribution in [2.45, 2.75) is 38.5 Å². The van der Waals surface area contributed by atoms with Crippen LogP contribution in [0, 0.1) is 24.1 Å². The molecule has 10 heteroatoms. The molecule has 1 saturated carbocycles. The third kappa shape index (κ3) is 5.39. The van der Waals surface area contributed by atoms with Crippen molar-refractivity contribution in [3.05, 3.63) is 107 Å². The van der Waals surface area contributed by atoms with E-state index in [1.807, 2.05) is 0 Å². The largest absolute Gasteiger partial charge is 0.433 e. The van der Waals surface area contributed by atoms with Crippen LogP contribution in [0.25, 0.3) is 11.1 Å². The lowest BCUT2D eigenvalue weighted by atomic mass is 9.96. The van der Waals surface area contributed by atoms with Crippen LogP contribution in [0.1, 0.15) is 51.6 Å². The van der Waals surface area contributed by atoms with E-state index in [4.69, 9.17) is 9.83 Å². The molecule has 1 amide bonds. The third-order valence-corrected chi connectivity index (χ3v) is 6.60. The second-order valence-corrected chi connectivity index (χ2v) is 9.45. The van der Waals surface area contributed by atoms with Crippen LogP contribution in [0.2, 0.25) is 0 Å². The molecule has 0 aliphatic heterocycles. The molecule has 1 aliphatic rings. The number of nitrogens with one attached hydrogen (secondary N) is 2. The van der Waals surface area contributed by atoms with Crippen molar-refractivity contribution in [2.75, 3.05) is 0 Å². The van der Waals surface area contributed by atoms with Crippen molar-refractivity contribution < 1.29 is 26.8 Å². The average molecular weight is 525 g/mol. The van der Waals surface area contributed by atoms with Crippen molar-refractivity contribution in [2.24, 2.45) is 5.92 Å². The third-order valence-electron chi connectivity index (χ3n) is 6.60. The van der Waals surface area contributed by atoms with Gasteiger partial charge in [0, 0.05) is 23.5 Å². The molecule has 4 aromatic rings. The Morgan fingerprint density at radius 2 is 2.00 bits per heavy atom. The lowest BCUT2D eigenvalue weighted by molar-refractivity contribution is -0.140. The molecule has 6 nitrogen and oxygen atoms in total. The maximum atomic E-state index is 13.9. The zero-order valence-corrected chi connectivity index (χ0v) is 20.3. The monoisotopic (exact) mass is 524 g/mol. The first-order valence-electron chi connectivity index (χ1n) is 12.0. The molecule has 38 heavy (non-hydrogen) atoms. The van der Waals surface area contributed by atoms with E-state index >= 15 is 0 Å². The molecule has 5 rings (SSSR count). The first-order valence-corrected chi connectivity index (χ1v) is 12.0. The van der Waals surface area contributed by atoms with Gasteiger partial charge in [-0.3, -0.25) is 19.8 Å². The number of hydrogen-bond acceptors (Lipinski definition) is 4. The summed E-state index contributed by atoms with van der Waals surface area (Å²) >= 11 is 0. The summed E-state index contributed by atoms with van der Waals surface area (Å²) in [7, 11) is 0. The molecule has 0 saturated heterocycles. The molecule has 0 bridgehead atoms. The van der Waals surface area contributed by atoms with Crippen LogP contribution in [0.3, 0.4) is 0 Å². The molecule has 0 spiro atoms. The highest BCUT2D eigenvalue weighted by Crippen LogP contribution is 2.42. The first kappa shape index (κ1) is 25.4. The number of amides is 1. The number of oxazole rings is 1. The summed E-state index contributed by atoms with van der Waals surface area (Å²) in [5.74, 6) is -0.615. The quantitative estimate of drug-likeness (QED) is 0.290. The Labute approximate surface area is 215 Å². The SMILES string of the molecule is Cc1cc(C(NC(=O)c2cc(Cn3ccoc3=N)cc(-c3cccnc3C(F)(F)F)c2)C2CC2)ccc1F. The molecule has 2 aromatic heterocycles. The zero-order chi connectivity index (χ0) is 27.0. The van der Waals surface area contributed by atoms with Crippen LogP contribution in [0.4, 0.5) is 17.6 Å². The summed E-state index contributed by atoms with van der Waals surface area (Å²) in [4.78, 5) is 17.1. The Morgan fingerprint density at radius 1 is 1.21 bits per heavy atom. The van der Waals surface area contributed by atoms with E-state index in [1.54, 1.807) is 31.2 Å². The summed E-state index contributed by atoms with van der Waals surface area (Å²) in [6.45, 7) is 1.76. The predicted octanol–water partition coefficient (Wildman–Crippen LogP) is 6.02. The van der Waals surface area contributed by atoms with Gasteiger partial charge >= 0.3 is 6.18 Å². The maximum absolute atomic E-state index is 13.9. The van der Waals surface area contributed by atoms with Crippen LogP contribution in [0.15, 0.2) is 71.6 Å². The fourth-order valence-electron chi connectivity index (χ4n) is 4.55. The molecule has 2 aromatic carbocycles. The minimum atomic E-state index is -4.69. The molecule has 2 N–H and O–H groups in total. The first-order chi connectivity index (χ1) is 18.1. The number of hydrogen-bond donors (Lipinski definition) is 2. The van der Waals surface area contributed by atoms with Crippen LogP contribution in [0.5, 0.6) is 0 Å². The molecule has 1 aliphatic carbocycles. The summed E-state index contributed by atoms with van der Waals surface area (Å²) in [5.41, 5.74) is 0.718. The predicted molar refractivity (Wildman–Crippen MR) is 130 cm³/mol. The smallest absolute Gasteiger partial charge is 0.432 e. The van der Waals surface area contributed by atoms with E-state index in [9.17, 15) is 22.4 Å². The van der Waals surface area contributed by atoms with Crippen molar-refractivity contribution in [1.29, 1.82) is 5.41 Å². The van der Waals surface area contributed by atoms with E-state index in [2.05, 4.69) is 10.3 Å². The zero-order valence-electron chi connectivity index (χ0n) is 20.3. The number of alkyl halides is 3. The summed E-state index contributed by atoms with van der Waals surface area (Å²) < 4.78 is 61.6. The standard InChI is InChI=1S/C28H24F4N4O2/c1-16-11-19(6-7-23(16)29)24(18-4-5-18)35-26(37)21-13-17(15-36-9-10-38-27(36)33)12-20(14-21)22-3-2-8-34-25(22)28(30,31)32/h2-3,6-14,18,24,33H,4-5,15H2,1H3,(H,35,37). The Balaban J connectivity index is 1.55. The lowest BCUT2D eigenvalue weighted by Gasteiger charge is -2.20. The molecule has 0 radical (unpaired) electrons. The summed E-state index contributed by atoms with van der Waals surface area (Å²) in [5, 5.41) is 10.9. The molecular formula is C28H24F4N4O2. The van der Waals surface area contributed by atoms with Crippen molar-refractivity contribution in [3.8, 4) is 11.1 Å². The maximum Gasteiger partial charge on any atom is 0.433 e. The fourth-order valence-corrected chi connectivity index (χ4v) is 4.55. The second-order valence-electron chi connectivity index (χ2n) is 9.45. The second kappa shape index (κ2) is 9.92. The van der Waals surface area contributed by atoms with Gasteiger partial charge in [-0.05, 0) is 78.3 Å². The van der Waals surface area contributed by atoms with Gasteiger partial charge in [-0.1, -0.05) is 18.2 Å². The van der Waals surface area contributed by atoms with Gasteiger partial charge in [0.2, 0.25) is 0 Å². The van der Waals surface area contributed by atoms with Crippen molar-refractivity contribution in [1.82, 2.24) is 14.9 Å². The highest BCUT2D eigenvalue weighted by atomic mass is 19.4. The number of pyridine rings is 1. The van der Waals surface area contributed by atoms with Gasteiger partial charge in [0.1, 0.15) is 12.1 Å². The Hall–Kier alpha value is -4.21. The minimum Gasteiger partial charge on any atom is -0.432 e. The number of nitrogens with zero attached hydrogens (tertiary/aromatic N) is 2. The van der Waals surface area contributed by atoms with Crippen LogP contribution < -0.4 is 11.0 Å². The van der Waals surface area contributed by atoms with Crippen LogP contribution in [-0.2, 0) is 12.7 Å². The number of halogens is 4.